The third-order valence-corrected chi connectivity index (χ3v) is 2.84. The molecule has 0 saturated carbocycles. The lowest BCUT2D eigenvalue weighted by Crippen LogP contribution is -1.91. The van der Waals surface area contributed by atoms with Gasteiger partial charge in [-0.2, -0.15) is 0 Å². The van der Waals surface area contributed by atoms with Gasteiger partial charge in [0, 0.05) is 0 Å². The fourth-order valence-corrected chi connectivity index (χ4v) is 1.79. The Labute approximate surface area is 88.7 Å². The second kappa shape index (κ2) is 5.80. The standard InChI is InChI=1S/C11H10S2/c1-2-3-9-13-11(12)10-7-5-4-6-8-10/h4-8H,9H2,1H3. The molecule has 0 atom stereocenters. The molecule has 0 heterocycles. The average molecular weight is 206 g/mol. The van der Waals surface area contributed by atoms with Crippen molar-refractivity contribution in [2.45, 2.75) is 6.92 Å². The number of thioether (sulfide) groups is 1. The summed E-state index contributed by atoms with van der Waals surface area (Å²) in [6.45, 7) is 1.84. The molecule has 1 aromatic rings. The summed E-state index contributed by atoms with van der Waals surface area (Å²) in [5.41, 5.74) is 1.11. The molecule has 0 aliphatic carbocycles. The first-order valence-electron chi connectivity index (χ1n) is 3.96. The van der Waals surface area contributed by atoms with Crippen molar-refractivity contribution in [1.29, 1.82) is 0 Å². The number of rotatable bonds is 2. The smallest absolute Gasteiger partial charge is 0.0787 e. The van der Waals surface area contributed by atoms with Crippen LogP contribution in [0.25, 0.3) is 0 Å². The zero-order valence-corrected chi connectivity index (χ0v) is 9.04. The van der Waals surface area contributed by atoms with Gasteiger partial charge in [-0.1, -0.05) is 48.5 Å². The molecule has 0 aliphatic heterocycles. The van der Waals surface area contributed by atoms with Crippen molar-refractivity contribution >= 4 is 28.2 Å². The van der Waals surface area contributed by atoms with E-state index in [-0.39, 0.29) is 0 Å². The van der Waals surface area contributed by atoms with Gasteiger partial charge in [-0.15, -0.1) is 17.7 Å². The molecule has 2 heteroatoms. The van der Waals surface area contributed by atoms with Crippen LogP contribution in [-0.2, 0) is 0 Å². The number of hydrogen-bond acceptors (Lipinski definition) is 2. The molecule has 0 fully saturated rings. The fourth-order valence-electron chi connectivity index (χ4n) is 0.831. The molecule has 0 amide bonds. The summed E-state index contributed by atoms with van der Waals surface area (Å²) in [4.78, 5) is 0. The van der Waals surface area contributed by atoms with Gasteiger partial charge in [-0.25, -0.2) is 0 Å². The number of hydrogen-bond donors (Lipinski definition) is 0. The SMILES string of the molecule is CC#CCSC(=S)c1ccccc1. The maximum Gasteiger partial charge on any atom is 0.0787 e. The second-order valence-corrected chi connectivity index (χ2v) is 4.02. The van der Waals surface area contributed by atoms with Crippen molar-refractivity contribution < 1.29 is 0 Å². The van der Waals surface area contributed by atoms with Gasteiger partial charge in [0.25, 0.3) is 0 Å². The second-order valence-electron chi connectivity index (χ2n) is 2.37. The molecule has 0 radical (unpaired) electrons. The van der Waals surface area contributed by atoms with Crippen molar-refractivity contribution in [3.8, 4) is 11.8 Å². The molecule has 1 aromatic carbocycles. The monoisotopic (exact) mass is 206 g/mol. The first-order chi connectivity index (χ1) is 6.34. The quantitative estimate of drug-likeness (QED) is 0.538. The van der Waals surface area contributed by atoms with Gasteiger partial charge in [0.15, 0.2) is 0 Å². The summed E-state index contributed by atoms with van der Waals surface area (Å²) in [6, 6.07) is 10.0. The maximum absolute atomic E-state index is 5.23. The summed E-state index contributed by atoms with van der Waals surface area (Å²) < 4.78 is 0.920. The average Bonchev–Trinajstić information content (AvgIpc) is 2.19. The normalized spacial score (nSPS) is 8.69. The van der Waals surface area contributed by atoms with Crippen molar-refractivity contribution in [3.63, 3.8) is 0 Å². The van der Waals surface area contributed by atoms with Crippen LogP contribution in [-0.4, -0.2) is 9.95 Å². The van der Waals surface area contributed by atoms with Crippen molar-refractivity contribution in [1.82, 2.24) is 0 Å². The highest BCUT2D eigenvalue weighted by Gasteiger charge is 1.98. The van der Waals surface area contributed by atoms with E-state index in [0.29, 0.717) is 0 Å². The zero-order chi connectivity index (χ0) is 9.52. The van der Waals surface area contributed by atoms with Crippen LogP contribution >= 0.6 is 24.0 Å². The van der Waals surface area contributed by atoms with Gasteiger partial charge < -0.3 is 0 Å². The first-order valence-corrected chi connectivity index (χ1v) is 5.36. The summed E-state index contributed by atoms with van der Waals surface area (Å²) in [7, 11) is 0. The van der Waals surface area contributed by atoms with E-state index in [2.05, 4.69) is 11.8 Å². The molecule has 0 nitrogen and oxygen atoms in total. The highest BCUT2D eigenvalue weighted by Crippen LogP contribution is 2.12. The van der Waals surface area contributed by atoms with E-state index in [0.717, 1.165) is 15.5 Å². The lowest BCUT2D eigenvalue weighted by molar-refractivity contribution is 1.69. The Hall–Kier alpha value is -0.780. The molecule has 0 bridgehead atoms. The van der Waals surface area contributed by atoms with E-state index in [1.165, 1.54) is 0 Å². The molecule has 0 aliphatic rings. The molecule has 1 rings (SSSR count). The molecule has 13 heavy (non-hydrogen) atoms. The van der Waals surface area contributed by atoms with Crippen LogP contribution in [0.2, 0.25) is 0 Å². The van der Waals surface area contributed by atoms with Gasteiger partial charge in [0.1, 0.15) is 0 Å². The first kappa shape index (κ1) is 10.3. The predicted octanol–water partition coefficient (Wildman–Crippen LogP) is 3.12. The summed E-state index contributed by atoms with van der Waals surface area (Å²) in [5, 5.41) is 0. The van der Waals surface area contributed by atoms with Gasteiger partial charge in [-0.3, -0.25) is 0 Å². The van der Waals surface area contributed by atoms with E-state index >= 15 is 0 Å². The van der Waals surface area contributed by atoms with Crippen molar-refractivity contribution in [3.05, 3.63) is 35.9 Å². The Bertz CT molecular complexity index is 330. The minimum absolute atomic E-state index is 0.782. The Morgan fingerprint density at radius 1 is 1.38 bits per heavy atom. The van der Waals surface area contributed by atoms with Crippen LogP contribution in [0.15, 0.2) is 30.3 Å². The largest absolute Gasteiger partial charge is 0.106 e. The van der Waals surface area contributed by atoms with E-state index in [4.69, 9.17) is 12.2 Å². The highest BCUT2D eigenvalue weighted by molar-refractivity contribution is 8.23. The third kappa shape index (κ3) is 3.63. The van der Waals surface area contributed by atoms with E-state index in [1.807, 2.05) is 37.3 Å². The topological polar surface area (TPSA) is 0 Å². The highest BCUT2D eigenvalue weighted by atomic mass is 32.2. The molecule has 0 N–H and O–H groups in total. The van der Waals surface area contributed by atoms with Gasteiger partial charge in [-0.05, 0) is 12.5 Å². The third-order valence-electron chi connectivity index (χ3n) is 1.46. The zero-order valence-electron chi connectivity index (χ0n) is 7.41. The fraction of sp³-hybridized carbons (Fsp3) is 0.182. The molecule has 66 valence electrons. The number of thiocarbonyl (C=S) groups is 1. The number of benzene rings is 1. The Morgan fingerprint density at radius 2 is 2.08 bits per heavy atom. The molecular weight excluding hydrogens is 196 g/mol. The molecular formula is C11H10S2. The molecule has 0 saturated heterocycles. The van der Waals surface area contributed by atoms with E-state index < -0.39 is 0 Å². The predicted molar refractivity (Wildman–Crippen MR) is 64.1 cm³/mol. The van der Waals surface area contributed by atoms with Crippen molar-refractivity contribution in [2.24, 2.45) is 0 Å². The molecule has 0 aromatic heterocycles. The van der Waals surface area contributed by atoms with Crippen molar-refractivity contribution in [2.75, 3.05) is 5.75 Å². The van der Waals surface area contributed by atoms with Gasteiger partial charge >= 0.3 is 0 Å². The summed E-state index contributed by atoms with van der Waals surface area (Å²) in [5.74, 6) is 6.60. The summed E-state index contributed by atoms with van der Waals surface area (Å²) >= 11 is 6.84. The lowest BCUT2D eigenvalue weighted by atomic mass is 10.2. The van der Waals surface area contributed by atoms with Crippen LogP contribution in [0, 0.1) is 11.8 Å². The lowest BCUT2D eigenvalue weighted by Gasteiger charge is -1.99. The minimum atomic E-state index is 0.782. The van der Waals surface area contributed by atoms with E-state index in [9.17, 15) is 0 Å². The maximum atomic E-state index is 5.23. The van der Waals surface area contributed by atoms with Crippen LogP contribution in [0.4, 0.5) is 0 Å². The van der Waals surface area contributed by atoms with Gasteiger partial charge in [0.2, 0.25) is 0 Å². The Balaban J connectivity index is 2.53. The van der Waals surface area contributed by atoms with Crippen LogP contribution in [0.3, 0.4) is 0 Å². The van der Waals surface area contributed by atoms with Crippen LogP contribution in [0.1, 0.15) is 12.5 Å². The van der Waals surface area contributed by atoms with Gasteiger partial charge in [0.05, 0.1) is 9.95 Å². The molecule has 0 spiro atoms. The Kier molecular flexibility index (Phi) is 4.59. The van der Waals surface area contributed by atoms with Crippen LogP contribution < -0.4 is 0 Å². The minimum Gasteiger partial charge on any atom is -0.106 e. The van der Waals surface area contributed by atoms with E-state index in [1.54, 1.807) is 11.8 Å². The Morgan fingerprint density at radius 3 is 2.69 bits per heavy atom. The summed E-state index contributed by atoms with van der Waals surface area (Å²) in [6.07, 6.45) is 0. The molecule has 0 unspecified atom stereocenters. The van der Waals surface area contributed by atoms with Crippen LogP contribution in [0.5, 0.6) is 0 Å².